The zero-order valence-corrected chi connectivity index (χ0v) is 8.74. The fraction of sp³-hybridized carbons (Fsp3) is 1.00. The summed E-state index contributed by atoms with van der Waals surface area (Å²) in [6.45, 7) is 0.360. The number of hydrogen-bond acceptors (Lipinski definition) is 2. The number of halogens is 3. The van der Waals surface area contributed by atoms with E-state index in [0.717, 1.165) is 25.7 Å². The highest BCUT2D eigenvalue weighted by Crippen LogP contribution is 2.29. The highest BCUT2D eigenvalue weighted by Gasteiger charge is 2.33. The zero-order chi connectivity index (χ0) is 11.4. The maximum atomic E-state index is 11.9. The average Bonchev–Trinajstić information content (AvgIpc) is 2.60. The van der Waals surface area contributed by atoms with Gasteiger partial charge in [-0.15, -0.1) is 0 Å². The Morgan fingerprint density at radius 2 is 1.80 bits per heavy atom. The van der Waals surface area contributed by atoms with E-state index in [0.29, 0.717) is 6.54 Å². The lowest BCUT2D eigenvalue weighted by atomic mass is 9.99. The summed E-state index contributed by atoms with van der Waals surface area (Å²) < 4.78 is 35.6. The van der Waals surface area contributed by atoms with Crippen molar-refractivity contribution in [3.63, 3.8) is 0 Å². The summed E-state index contributed by atoms with van der Waals surface area (Å²) in [4.78, 5) is 0. The minimum Gasteiger partial charge on any atom is -0.394 e. The molecule has 2 nitrogen and oxygen atoms in total. The maximum absolute atomic E-state index is 11.9. The Labute approximate surface area is 87.9 Å². The summed E-state index contributed by atoms with van der Waals surface area (Å²) >= 11 is 0. The molecule has 0 aliphatic heterocycles. The molecule has 2 N–H and O–H groups in total. The van der Waals surface area contributed by atoms with E-state index in [2.05, 4.69) is 5.32 Å². The van der Waals surface area contributed by atoms with E-state index in [9.17, 15) is 18.3 Å². The minimum absolute atomic E-state index is 0.0268. The van der Waals surface area contributed by atoms with Gasteiger partial charge in [-0.1, -0.05) is 12.8 Å². The van der Waals surface area contributed by atoms with Crippen molar-refractivity contribution in [2.24, 2.45) is 0 Å². The van der Waals surface area contributed by atoms with Crippen molar-refractivity contribution >= 4 is 0 Å². The zero-order valence-electron chi connectivity index (χ0n) is 8.74. The second-order valence-electron chi connectivity index (χ2n) is 4.29. The smallest absolute Gasteiger partial charge is 0.389 e. The van der Waals surface area contributed by atoms with Gasteiger partial charge in [0.2, 0.25) is 0 Å². The molecule has 0 heterocycles. The summed E-state index contributed by atoms with van der Waals surface area (Å²) in [5.41, 5.74) is -0.300. The Bertz CT molecular complexity index is 188. The number of hydrogen-bond donors (Lipinski definition) is 2. The first-order valence-corrected chi connectivity index (χ1v) is 5.40. The van der Waals surface area contributed by atoms with Crippen molar-refractivity contribution in [1.82, 2.24) is 5.32 Å². The Kier molecular flexibility index (Phi) is 4.40. The van der Waals surface area contributed by atoms with Crippen LogP contribution >= 0.6 is 0 Å². The highest BCUT2D eigenvalue weighted by molar-refractivity contribution is 4.91. The molecule has 1 saturated carbocycles. The largest absolute Gasteiger partial charge is 0.394 e. The first kappa shape index (κ1) is 12.8. The molecule has 1 aliphatic rings. The summed E-state index contributed by atoms with van der Waals surface area (Å²) in [5.74, 6) is 0. The van der Waals surface area contributed by atoms with E-state index in [1.165, 1.54) is 0 Å². The number of nitrogens with one attached hydrogen (secondary N) is 1. The molecule has 0 atom stereocenters. The molecule has 1 aliphatic carbocycles. The van der Waals surface area contributed by atoms with Crippen molar-refractivity contribution < 1.29 is 18.3 Å². The Hall–Kier alpha value is -0.290. The molecule has 1 fully saturated rings. The van der Waals surface area contributed by atoms with Gasteiger partial charge in [-0.05, 0) is 25.8 Å². The predicted molar refractivity (Wildman–Crippen MR) is 51.6 cm³/mol. The molecule has 0 spiro atoms. The van der Waals surface area contributed by atoms with Gasteiger partial charge in [-0.3, -0.25) is 0 Å². The molecule has 0 amide bonds. The van der Waals surface area contributed by atoms with E-state index < -0.39 is 12.6 Å². The Morgan fingerprint density at radius 3 is 2.27 bits per heavy atom. The molecular formula is C10H18F3NO. The van der Waals surface area contributed by atoms with Gasteiger partial charge >= 0.3 is 6.18 Å². The van der Waals surface area contributed by atoms with Crippen molar-refractivity contribution in [3.8, 4) is 0 Å². The molecule has 0 radical (unpaired) electrons. The predicted octanol–water partition coefficient (Wildman–Crippen LogP) is 2.22. The van der Waals surface area contributed by atoms with Crippen LogP contribution in [-0.4, -0.2) is 30.0 Å². The Balaban J connectivity index is 2.18. The number of aliphatic hydroxyl groups excluding tert-OH is 1. The normalized spacial score (nSPS) is 20.8. The van der Waals surface area contributed by atoms with Crippen LogP contribution in [-0.2, 0) is 0 Å². The van der Waals surface area contributed by atoms with Crippen LogP contribution in [0.5, 0.6) is 0 Å². The van der Waals surface area contributed by atoms with Gasteiger partial charge in [0.05, 0.1) is 6.61 Å². The summed E-state index contributed by atoms with van der Waals surface area (Å²) in [6, 6.07) is 0. The van der Waals surface area contributed by atoms with Gasteiger partial charge in [0.15, 0.2) is 0 Å². The van der Waals surface area contributed by atoms with Crippen molar-refractivity contribution in [1.29, 1.82) is 0 Å². The van der Waals surface area contributed by atoms with Crippen LogP contribution in [0.1, 0.15) is 38.5 Å². The monoisotopic (exact) mass is 225 g/mol. The van der Waals surface area contributed by atoms with E-state index >= 15 is 0 Å². The van der Waals surface area contributed by atoms with Gasteiger partial charge in [-0.2, -0.15) is 13.2 Å². The lowest BCUT2D eigenvalue weighted by molar-refractivity contribution is -0.135. The minimum atomic E-state index is -4.07. The van der Waals surface area contributed by atoms with Gasteiger partial charge < -0.3 is 10.4 Å². The van der Waals surface area contributed by atoms with E-state index in [1.54, 1.807) is 0 Å². The van der Waals surface area contributed by atoms with Gasteiger partial charge in [0, 0.05) is 12.0 Å². The Morgan fingerprint density at radius 1 is 1.20 bits per heavy atom. The second-order valence-corrected chi connectivity index (χ2v) is 4.29. The van der Waals surface area contributed by atoms with Gasteiger partial charge in [0.1, 0.15) is 0 Å². The fourth-order valence-electron chi connectivity index (χ4n) is 2.08. The molecule has 5 heteroatoms. The molecule has 1 rings (SSSR count). The number of alkyl halides is 3. The summed E-state index contributed by atoms with van der Waals surface area (Å²) in [5, 5.41) is 12.3. The maximum Gasteiger partial charge on any atom is 0.389 e. The summed E-state index contributed by atoms with van der Waals surface area (Å²) in [7, 11) is 0. The van der Waals surface area contributed by atoms with E-state index in [4.69, 9.17) is 0 Å². The van der Waals surface area contributed by atoms with Crippen molar-refractivity contribution in [3.05, 3.63) is 0 Å². The lowest BCUT2D eigenvalue weighted by Gasteiger charge is -2.28. The van der Waals surface area contributed by atoms with Crippen LogP contribution < -0.4 is 5.32 Å². The number of aliphatic hydroxyl groups is 1. The van der Waals surface area contributed by atoms with Crippen LogP contribution in [0, 0.1) is 0 Å². The standard InChI is InChI=1S/C10H18F3NO/c11-10(12,13)6-3-7-14-9(8-15)4-1-2-5-9/h14-15H,1-8H2. The van der Waals surface area contributed by atoms with Crippen molar-refractivity contribution in [2.75, 3.05) is 13.2 Å². The van der Waals surface area contributed by atoms with Gasteiger partial charge in [-0.25, -0.2) is 0 Å². The van der Waals surface area contributed by atoms with Crippen LogP contribution in [0.3, 0.4) is 0 Å². The summed E-state index contributed by atoms with van der Waals surface area (Å²) in [6.07, 6.45) is -0.888. The third kappa shape index (κ3) is 4.38. The topological polar surface area (TPSA) is 32.3 Å². The molecule has 90 valence electrons. The molecule has 0 bridgehead atoms. The SMILES string of the molecule is OCC1(NCCCC(F)(F)F)CCCC1. The highest BCUT2D eigenvalue weighted by atomic mass is 19.4. The second kappa shape index (κ2) is 5.16. The third-order valence-corrected chi connectivity index (χ3v) is 3.00. The van der Waals surface area contributed by atoms with E-state index in [1.807, 2.05) is 0 Å². The first-order valence-electron chi connectivity index (χ1n) is 5.40. The molecule has 0 saturated heterocycles. The number of rotatable bonds is 5. The van der Waals surface area contributed by atoms with Crippen LogP contribution in [0.2, 0.25) is 0 Å². The lowest BCUT2D eigenvalue weighted by Crippen LogP contribution is -2.46. The van der Waals surface area contributed by atoms with Gasteiger partial charge in [0.25, 0.3) is 0 Å². The molecule has 0 unspecified atom stereocenters. The molecule has 0 aromatic heterocycles. The molecule has 15 heavy (non-hydrogen) atoms. The first-order chi connectivity index (χ1) is 6.97. The fourth-order valence-corrected chi connectivity index (χ4v) is 2.08. The van der Waals surface area contributed by atoms with Crippen LogP contribution in [0.4, 0.5) is 13.2 Å². The van der Waals surface area contributed by atoms with Crippen LogP contribution in [0.25, 0.3) is 0 Å². The van der Waals surface area contributed by atoms with Crippen molar-refractivity contribution in [2.45, 2.75) is 50.2 Å². The molecule has 0 aromatic rings. The molecular weight excluding hydrogens is 207 g/mol. The van der Waals surface area contributed by atoms with Crippen LogP contribution in [0.15, 0.2) is 0 Å². The molecule has 0 aromatic carbocycles. The van der Waals surface area contributed by atoms with E-state index in [-0.39, 0.29) is 18.6 Å². The third-order valence-electron chi connectivity index (χ3n) is 3.00. The average molecular weight is 225 g/mol. The quantitative estimate of drug-likeness (QED) is 0.703.